The SMILES string of the molecule is CNC(CN(C)c1ccccc1F)c1ccccc1. The molecule has 1 N–H and O–H groups in total. The minimum absolute atomic E-state index is 0.172. The van der Waals surface area contributed by atoms with Gasteiger partial charge >= 0.3 is 0 Å². The molecule has 3 heteroatoms. The summed E-state index contributed by atoms with van der Waals surface area (Å²) in [6, 6.07) is 17.2. The third kappa shape index (κ3) is 3.32. The Balaban J connectivity index is 2.13. The maximum absolute atomic E-state index is 13.7. The molecule has 0 amide bonds. The van der Waals surface area contributed by atoms with Gasteiger partial charge in [-0.1, -0.05) is 42.5 Å². The highest BCUT2D eigenvalue weighted by atomic mass is 19.1. The molecule has 0 radical (unpaired) electrons. The molecular formula is C16H19FN2. The molecule has 19 heavy (non-hydrogen) atoms. The maximum atomic E-state index is 13.7. The number of hydrogen-bond acceptors (Lipinski definition) is 2. The van der Waals surface area contributed by atoms with Crippen LogP contribution >= 0.6 is 0 Å². The lowest BCUT2D eigenvalue weighted by atomic mass is 10.1. The molecule has 0 fully saturated rings. The second kappa shape index (κ2) is 6.34. The van der Waals surface area contributed by atoms with Gasteiger partial charge in [-0.3, -0.25) is 0 Å². The third-order valence-electron chi connectivity index (χ3n) is 3.27. The van der Waals surface area contributed by atoms with Crippen molar-refractivity contribution in [3.8, 4) is 0 Å². The molecule has 0 aliphatic carbocycles. The number of nitrogens with one attached hydrogen (secondary N) is 1. The maximum Gasteiger partial charge on any atom is 0.146 e. The fourth-order valence-corrected chi connectivity index (χ4v) is 2.18. The highest BCUT2D eigenvalue weighted by Gasteiger charge is 2.14. The zero-order valence-corrected chi connectivity index (χ0v) is 11.3. The van der Waals surface area contributed by atoms with Crippen LogP contribution in [0.4, 0.5) is 10.1 Å². The Kier molecular flexibility index (Phi) is 4.53. The van der Waals surface area contributed by atoms with E-state index in [1.807, 2.05) is 43.3 Å². The van der Waals surface area contributed by atoms with Crippen molar-refractivity contribution in [1.29, 1.82) is 0 Å². The smallest absolute Gasteiger partial charge is 0.146 e. The number of rotatable bonds is 5. The largest absolute Gasteiger partial charge is 0.370 e. The number of likely N-dealkylation sites (N-methyl/N-ethyl adjacent to an activating group) is 2. The summed E-state index contributed by atoms with van der Waals surface area (Å²) < 4.78 is 13.7. The van der Waals surface area contributed by atoms with Gasteiger partial charge in [-0.25, -0.2) is 4.39 Å². The van der Waals surface area contributed by atoms with Gasteiger partial charge in [-0.05, 0) is 24.7 Å². The first-order valence-corrected chi connectivity index (χ1v) is 6.40. The van der Waals surface area contributed by atoms with Crippen molar-refractivity contribution in [3.05, 3.63) is 66.0 Å². The molecule has 0 saturated carbocycles. The molecule has 0 bridgehead atoms. The highest BCUT2D eigenvalue weighted by Crippen LogP contribution is 2.20. The van der Waals surface area contributed by atoms with Gasteiger partial charge in [0.2, 0.25) is 0 Å². The summed E-state index contributed by atoms with van der Waals surface area (Å²) in [6.07, 6.45) is 0. The number of nitrogens with zero attached hydrogens (tertiary/aromatic N) is 1. The van der Waals surface area contributed by atoms with Crippen molar-refractivity contribution in [2.75, 3.05) is 25.5 Å². The van der Waals surface area contributed by atoms with Crippen molar-refractivity contribution in [2.24, 2.45) is 0 Å². The van der Waals surface area contributed by atoms with E-state index < -0.39 is 0 Å². The molecule has 0 saturated heterocycles. The van der Waals surface area contributed by atoms with E-state index >= 15 is 0 Å². The van der Waals surface area contributed by atoms with Crippen LogP contribution in [-0.4, -0.2) is 20.6 Å². The molecule has 0 heterocycles. The number of para-hydroxylation sites is 1. The Hall–Kier alpha value is -1.87. The standard InChI is InChI=1S/C16H19FN2/c1-18-15(13-8-4-3-5-9-13)12-19(2)16-11-7-6-10-14(16)17/h3-11,15,18H,12H2,1-2H3. The predicted octanol–water partition coefficient (Wildman–Crippen LogP) is 3.22. The van der Waals surface area contributed by atoms with Gasteiger partial charge in [0.25, 0.3) is 0 Å². The van der Waals surface area contributed by atoms with Crippen LogP contribution in [0.3, 0.4) is 0 Å². The predicted molar refractivity (Wildman–Crippen MR) is 77.9 cm³/mol. The molecule has 2 rings (SSSR count). The number of benzene rings is 2. The Morgan fingerprint density at radius 3 is 2.32 bits per heavy atom. The fourth-order valence-electron chi connectivity index (χ4n) is 2.18. The van der Waals surface area contributed by atoms with E-state index in [9.17, 15) is 4.39 Å². The Bertz CT molecular complexity index is 513. The first-order valence-electron chi connectivity index (χ1n) is 6.40. The van der Waals surface area contributed by atoms with E-state index in [1.165, 1.54) is 11.6 Å². The van der Waals surface area contributed by atoms with Crippen LogP contribution in [-0.2, 0) is 0 Å². The van der Waals surface area contributed by atoms with Crippen LogP contribution in [0, 0.1) is 5.82 Å². The normalized spacial score (nSPS) is 12.2. The van der Waals surface area contributed by atoms with Crippen molar-refractivity contribution >= 4 is 5.69 Å². The van der Waals surface area contributed by atoms with E-state index in [0.29, 0.717) is 12.2 Å². The summed E-state index contributed by atoms with van der Waals surface area (Å²) >= 11 is 0. The number of anilines is 1. The van der Waals surface area contributed by atoms with Crippen LogP contribution in [0.15, 0.2) is 54.6 Å². The van der Waals surface area contributed by atoms with Crippen LogP contribution in [0.1, 0.15) is 11.6 Å². The zero-order chi connectivity index (χ0) is 13.7. The quantitative estimate of drug-likeness (QED) is 0.886. The Labute approximate surface area is 113 Å². The molecule has 1 unspecified atom stereocenters. The Morgan fingerprint density at radius 1 is 1.05 bits per heavy atom. The second-order valence-corrected chi connectivity index (χ2v) is 4.58. The van der Waals surface area contributed by atoms with Crippen LogP contribution in [0.5, 0.6) is 0 Å². The van der Waals surface area contributed by atoms with Gasteiger partial charge < -0.3 is 10.2 Å². The molecule has 0 aliphatic heterocycles. The molecule has 2 nitrogen and oxygen atoms in total. The number of hydrogen-bond donors (Lipinski definition) is 1. The van der Waals surface area contributed by atoms with E-state index in [0.717, 1.165) is 0 Å². The monoisotopic (exact) mass is 258 g/mol. The topological polar surface area (TPSA) is 15.3 Å². The van der Waals surface area contributed by atoms with Crippen LogP contribution < -0.4 is 10.2 Å². The summed E-state index contributed by atoms with van der Waals surface area (Å²) in [5.74, 6) is -0.187. The van der Waals surface area contributed by atoms with E-state index in [4.69, 9.17) is 0 Å². The fraction of sp³-hybridized carbons (Fsp3) is 0.250. The summed E-state index contributed by atoms with van der Waals surface area (Å²) in [4.78, 5) is 1.93. The molecule has 100 valence electrons. The minimum Gasteiger partial charge on any atom is -0.370 e. The number of halogens is 1. The highest BCUT2D eigenvalue weighted by molar-refractivity contribution is 5.47. The van der Waals surface area contributed by atoms with E-state index in [-0.39, 0.29) is 11.9 Å². The van der Waals surface area contributed by atoms with Gasteiger partial charge in [0.1, 0.15) is 5.82 Å². The minimum atomic E-state index is -0.187. The molecule has 2 aromatic carbocycles. The first kappa shape index (κ1) is 13.6. The van der Waals surface area contributed by atoms with Gasteiger partial charge in [-0.15, -0.1) is 0 Å². The molecule has 0 aliphatic rings. The summed E-state index contributed by atoms with van der Waals surface area (Å²) in [5, 5.41) is 3.27. The molecular weight excluding hydrogens is 239 g/mol. The molecule has 0 spiro atoms. The molecule has 1 atom stereocenters. The molecule has 0 aromatic heterocycles. The Morgan fingerprint density at radius 2 is 1.68 bits per heavy atom. The van der Waals surface area contributed by atoms with Crippen molar-refractivity contribution < 1.29 is 4.39 Å². The molecule has 2 aromatic rings. The van der Waals surface area contributed by atoms with E-state index in [2.05, 4.69) is 17.4 Å². The lowest BCUT2D eigenvalue weighted by Gasteiger charge is -2.26. The van der Waals surface area contributed by atoms with Gasteiger partial charge in [0, 0.05) is 19.6 Å². The van der Waals surface area contributed by atoms with Crippen molar-refractivity contribution in [3.63, 3.8) is 0 Å². The first-order chi connectivity index (χ1) is 9.22. The average Bonchev–Trinajstić information content (AvgIpc) is 2.46. The summed E-state index contributed by atoms with van der Waals surface area (Å²) in [6.45, 7) is 0.710. The lowest BCUT2D eigenvalue weighted by Crippen LogP contribution is -2.31. The average molecular weight is 258 g/mol. The van der Waals surface area contributed by atoms with Crippen molar-refractivity contribution in [1.82, 2.24) is 5.32 Å². The van der Waals surface area contributed by atoms with Crippen LogP contribution in [0.25, 0.3) is 0 Å². The second-order valence-electron chi connectivity index (χ2n) is 4.58. The zero-order valence-electron chi connectivity index (χ0n) is 11.3. The summed E-state index contributed by atoms with van der Waals surface area (Å²) in [7, 11) is 3.83. The third-order valence-corrected chi connectivity index (χ3v) is 3.27. The van der Waals surface area contributed by atoms with Crippen LogP contribution in [0.2, 0.25) is 0 Å². The van der Waals surface area contributed by atoms with Gasteiger partial charge in [0.15, 0.2) is 0 Å². The lowest BCUT2D eigenvalue weighted by molar-refractivity contribution is 0.575. The summed E-state index contributed by atoms with van der Waals surface area (Å²) in [5.41, 5.74) is 1.83. The van der Waals surface area contributed by atoms with Crippen molar-refractivity contribution in [2.45, 2.75) is 6.04 Å². The van der Waals surface area contributed by atoms with Gasteiger partial charge in [0.05, 0.1) is 5.69 Å². The van der Waals surface area contributed by atoms with Gasteiger partial charge in [-0.2, -0.15) is 0 Å². The van der Waals surface area contributed by atoms with E-state index in [1.54, 1.807) is 12.1 Å².